The number of ether oxygens (including phenoxy) is 1. The van der Waals surface area contributed by atoms with E-state index in [1.165, 1.54) is 22.3 Å². The summed E-state index contributed by atoms with van der Waals surface area (Å²) in [6.45, 7) is 8.56. The predicted octanol–water partition coefficient (Wildman–Crippen LogP) is 6.73. The lowest BCUT2D eigenvalue weighted by Gasteiger charge is -2.18. The van der Waals surface area contributed by atoms with Crippen molar-refractivity contribution in [3.63, 3.8) is 0 Å². The minimum absolute atomic E-state index is 0.0198. The van der Waals surface area contributed by atoms with Gasteiger partial charge in [-0.05, 0) is 62.8 Å². The monoisotopic (exact) mass is 504 g/mol. The van der Waals surface area contributed by atoms with Crippen molar-refractivity contribution in [3.8, 4) is 33.5 Å². The SMILES string of the molecule is Cc1cc(C)cc(-c2cccc(-c3cc(C)cc(C)c3)c2-c2ncnc3c2ncn3[C@H]2CC[C@@H](CO)O2)c1. The van der Waals surface area contributed by atoms with Gasteiger partial charge in [0.1, 0.15) is 23.8 Å². The maximum absolute atomic E-state index is 9.57. The lowest BCUT2D eigenvalue weighted by Crippen LogP contribution is -2.14. The van der Waals surface area contributed by atoms with Gasteiger partial charge in [-0.2, -0.15) is 0 Å². The van der Waals surface area contributed by atoms with Crippen molar-refractivity contribution in [2.45, 2.75) is 52.9 Å². The fourth-order valence-corrected chi connectivity index (χ4v) is 5.82. The zero-order valence-electron chi connectivity index (χ0n) is 22.3. The molecule has 3 aromatic carbocycles. The molecule has 1 aliphatic heterocycles. The van der Waals surface area contributed by atoms with Crippen LogP contribution in [0.2, 0.25) is 0 Å². The molecule has 3 heterocycles. The number of fused-ring (bicyclic) bond motifs is 1. The second-order valence-electron chi connectivity index (χ2n) is 10.5. The number of rotatable bonds is 5. The van der Waals surface area contributed by atoms with Crippen molar-refractivity contribution >= 4 is 11.2 Å². The molecule has 2 aromatic heterocycles. The largest absolute Gasteiger partial charge is 0.394 e. The van der Waals surface area contributed by atoms with Gasteiger partial charge in [0, 0.05) is 5.56 Å². The van der Waals surface area contributed by atoms with Crippen molar-refractivity contribution in [1.29, 1.82) is 0 Å². The van der Waals surface area contributed by atoms with Crippen molar-refractivity contribution in [1.82, 2.24) is 19.5 Å². The summed E-state index contributed by atoms with van der Waals surface area (Å²) < 4.78 is 8.04. The summed E-state index contributed by atoms with van der Waals surface area (Å²) in [5.74, 6) is 0. The van der Waals surface area contributed by atoms with Crippen LogP contribution in [0.3, 0.4) is 0 Å². The second kappa shape index (κ2) is 9.78. The summed E-state index contributed by atoms with van der Waals surface area (Å²) >= 11 is 0. The third-order valence-electron chi connectivity index (χ3n) is 7.32. The highest BCUT2D eigenvalue weighted by Gasteiger charge is 2.28. The van der Waals surface area contributed by atoms with E-state index in [2.05, 4.69) is 87.3 Å². The van der Waals surface area contributed by atoms with Gasteiger partial charge in [0.15, 0.2) is 5.65 Å². The second-order valence-corrected chi connectivity index (χ2v) is 10.5. The molecule has 1 fully saturated rings. The van der Waals surface area contributed by atoms with Crippen molar-refractivity contribution < 1.29 is 9.84 Å². The van der Waals surface area contributed by atoms with Crippen LogP contribution in [0.1, 0.15) is 41.3 Å². The number of imidazole rings is 1. The Morgan fingerprint density at radius 2 is 1.42 bits per heavy atom. The molecular formula is C32H32N4O2. The highest BCUT2D eigenvalue weighted by Crippen LogP contribution is 2.42. The fraction of sp³-hybridized carbons (Fsp3) is 0.281. The molecule has 1 aliphatic rings. The molecule has 6 nitrogen and oxygen atoms in total. The minimum Gasteiger partial charge on any atom is -0.394 e. The van der Waals surface area contributed by atoms with Crippen molar-refractivity contribution in [3.05, 3.63) is 89.5 Å². The van der Waals surface area contributed by atoms with Crippen LogP contribution in [0, 0.1) is 27.7 Å². The van der Waals surface area contributed by atoms with Gasteiger partial charge in [0.2, 0.25) is 0 Å². The Hall–Kier alpha value is -3.87. The molecule has 0 spiro atoms. The first-order valence-electron chi connectivity index (χ1n) is 13.2. The first kappa shape index (κ1) is 24.5. The minimum atomic E-state index is -0.201. The topological polar surface area (TPSA) is 73.1 Å². The van der Waals surface area contributed by atoms with E-state index in [0.717, 1.165) is 57.5 Å². The Balaban J connectivity index is 1.62. The van der Waals surface area contributed by atoms with Crippen LogP contribution in [0.25, 0.3) is 44.7 Å². The Kier molecular flexibility index (Phi) is 6.30. The molecule has 0 radical (unpaired) electrons. The number of aryl methyl sites for hydroxylation is 4. The van der Waals surface area contributed by atoms with Crippen LogP contribution in [0.4, 0.5) is 0 Å². The molecule has 1 N–H and O–H groups in total. The van der Waals surface area contributed by atoms with Gasteiger partial charge in [-0.1, -0.05) is 76.9 Å². The first-order chi connectivity index (χ1) is 18.4. The third-order valence-corrected chi connectivity index (χ3v) is 7.32. The molecule has 0 saturated carbocycles. The third kappa shape index (κ3) is 4.40. The average molecular weight is 505 g/mol. The van der Waals surface area contributed by atoms with Crippen LogP contribution < -0.4 is 0 Å². The Bertz CT molecular complexity index is 1550. The highest BCUT2D eigenvalue weighted by atomic mass is 16.5. The number of aromatic nitrogens is 4. The Morgan fingerprint density at radius 3 is 1.97 bits per heavy atom. The van der Waals surface area contributed by atoms with E-state index in [1.807, 2.05) is 4.57 Å². The van der Waals surface area contributed by atoms with Gasteiger partial charge >= 0.3 is 0 Å². The number of hydrogen-bond acceptors (Lipinski definition) is 5. The van der Waals surface area contributed by atoms with Gasteiger partial charge < -0.3 is 9.84 Å². The predicted molar refractivity (Wildman–Crippen MR) is 151 cm³/mol. The Labute approximate surface area is 223 Å². The van der Waals surface area contributed by atoms with Crippen LogP contribution in [-0.2, 0) is 4.74 Å². The maximum Gasteiger partial charge on any atom is 0.165 e. The zero-order valence-corrected chi connectivity index (χ0v) is 22.3. The summed E-state index contributed by atoms with van der Waals surface area (Å²) in [4.78, 5) is 14.3. The normalized spacial score (nSPS) is 17.4. The maximum atomic E-state index is 9.57. The molecule has 0 unspecified atom stereocenters. The van der Waals surface area contributed by atoms with E-state index in [9.17, 15) is 5.11 Å². The van der Waals surface area contributed by atoms with E-state index in [1.54, 1.807) is 12.7 Å². The molecule has 0 amide bonds. The summed E-state index contributed by atoms with van der Waals surface area (Å²) in [6.07, 6.45) is 4.68. The molecular weight excluding hydrogens is 472 g/mol. The summed E-state index contributed by atoms with van der Waals surface area (Å²) in [5.41, 5.74) is 12.7. The number of aliphatic hydroxyl groups excluding tert-OH is 1. The number of nitrogens with zero attached hydrogens (tertiary/aromatic N) is 4. The molecule has 6 rings (SSSR count). The van der Waals surface area contributed by atoms with Gasteiger partial charge in [0.05, 0.1) is 19.0 Å². The molecule has 0 bridgehead atoms. The van der Waals surface area contributed by atoms with Crippen LogP contribution >= 0.6 is 0 Å². The lowest BCUT2D eigenvalue weighted by molar-refractivity contribution is -0.0207. The van der Waals surface area contributed by atoms with Crippen LogP contribution in [0.5, 0.6) is 0 Å². The van der Waals surface area contributed by atoms with Crippen molar-refractivity contribution in [2.24, 2.45) is 0 Å². The molecule has 6 heteroatoms. The summed E-state index contributed by atoms with van der Waals surface area (Å²) in [6, 6.07) is 19.8. The van der Waals surface area contributed by atoms with E-state index >= 15 is 0 Å². The van der Waals surface area contributed by atoms with E-state index < -0.39 is 0 Å². The summed E-state index contributed by atoms with van der Waals surface area (Å²) in [5, 5.41) is 9.57. The smallest absolute Gasteiger partial charge is 0.165 e. The molecule has 192 valence electrons. The molecule has 5 aromatic rings. The average Bonchev–Trinajstić information content (AvgIpc) is 3.54. The van der Waals surface area contributed by atoms with Gasteiger partial charge in [0.25, 0.3) is 0 Å². The molecule has 38 heavy (non-hydrogen) atoms. The highest BCUT2D eigenvalue weighted by molar-refractivity contribution is 6.00. The number of benzene rings is 3. The van der Waals surface area contributed by atoms with Crippen LogP contribution in [-0.4, -0.2) is 37.3 Å². The standard InChI is InChI=1S/C32H32N4O2/c1-19-10-20(2)13-23(12-19)26-6-5-7-27(24-14-21(3)11-22(4)15-24)29(26)30-31-32(34-17-33-30)36(18-35-31)28-9-8-25(16-37)38-28/h5-7,10-15,17-18,25,28,37H,8-9,16H2,1-4H3/t25-,28+/m0/s1. The number of hydrogen-bond donors (Lipinski definition) is 1. The first-order valence-corrected chi connectivity index (χ1v) is 13.2. The fourth-order valence-electron chi connectivity index (χ4n) is 5.82. The molecule has 1 saturated heterocycles. The van der Waals surface area contributed by atoms with Gasteiger partial charge in [-0.25, -0.2) is 15.0 Å². The van der Waals surface area contributed by atoms with E-state index in [4.69, 9.17) is 14.7 Å². The molecule has 0 aliphatic carbocycles. The van der Waals surface area contributed by atoms with Crippen LogP contribution in [0.15, 0.2) is 67.3 Å². The summed E-state index contributed by atoms with van der Waals surface area (Å²) in [7, 11) is 0. The zero-order chi connectivity index (χ0) is 26.4. The van der Waals surface area contributed by atoms with Crippen molar-refractivity contribution in [2.75, 3.05) is 6.61 Å². The molecule has 2 atom stereocenters. The van der Waals surface area contributed by atoms with E-state index in [0.29, 0.717) is 0 Å². The quantitative estimate of drug-likeness (QED) is 0.287. The Morgan fingerprint density at radius 1 is 0.816 bits per heavy atom. The number of aliphatic hydroxyl groups is 1. The van der Waals surface area contributed by atoms with Gasteiger partial charge in [-0.3, -0.25) is 4.57 Å². The van der Waals surface area contributed by atoms with Gasteiger partial charge in [-0.15, -0.1) is 0 Å². The van der Waals surface area contributed by atoms with E-state index in [-0.39, 0.29) is 18.9 Å². The lowest BCUT2D eigenvalue weighted by atomic mass is 9.87.